The first-order chi connectivity index (χ1) is 24.6. The van der Waals surface area contributed by atoms with E-state index in [1.54, 1.807) is 30.3 Å². The molecule has 50 heavy (non-hydrogen) atoms. The highest BCUT2D eigenvalue weighted by atomic mass is 32.2. The minimum Gasteiger partial charge on any atom is -0.324 e. The third-order valence-electron chi connectivity index (χ3n) is 8.29. The quantitative estimate of drug-likeness (QED) is 0.163. The van der Waals surface area contributed by atoms with Crippen molar-refractivity contribution in [3.63, 3.8) is 0 Å². The molecule has 3 aromatic heterocycles. The third kappa shape index (κ3) is 4.72. The van der Waals surface area contributed by atoms with Gasteiger partial charge in [0, 0.05) is 43.8 Å². The van der Waals surface area contributed by atoms with Gasteiger partial charge in [-0.25, -0.2) is 29.9 Å². The van der Waals surface area contributed by atoms with E-state index in [0.29, 0.717) is 39.4 Å². The molecule has 0 atom stereocenters. The Morgan fingerprint density at radius 3 is 1.38 bits per heavy atom. The van der Waals surface area contributed by atoms with Crippen molar-refractivity contribution in [2.75, 3.05) is 0 Å². The van der Waals surface area contributed by atoms with Crippen molar-refractivity contribution in [3.8, 4) is 45.6 Å². The first-order valence-corrected chi connectivity index (χ1v) is 18.0. The van der Waals surface area contributed by atoms with Gasteiger partial charge in [-0.3, -0.25) is 0 Å². The Kier molecular flexibility index (Phi) is 7.87. The molecular formula is C32H13F5N8S5. The Balaban J connectivity index is 1.55. The number of benzene rings is 4. The number of aromatic nitrogens is 8. The maximum Gasteiger partial charge on any atom is 0.165 e. The molecule has 2 aliphatic rings. The van der Waals surface area contributed by atoms with E-state index in [4.69, 9.17) is 24.9 Å². The number of nitrogens with zero attached hydrogens (tertiary/aromatic N) is 6. The summed E-state index contributed by atoms with van der Waals surface area (Å²) in [5.74, 6) is 0.658. The molecule has 0 fully saturated rings. The molecular weight excluding hydrogens is 752 g/mol. The zero-order valence-electron chi connectivity index (χ0n) is 24.5. The van der Waals surface area contributed by atoms with Crippen molar-refractivity contribution in [2.45, 2.75) is 24.5 Å². The number of fused-ring (bicyclic) bond motifs is 20. The van der Waals surface area contributed by atoms with Crippen LogP contribution in [-0.2, 0) is 0 Å². The maximum absolute atomic E-state index is 14.9. The van der Waals surface area contributed by atoms with Crippen LogP contribution in [0.5, 0.6) is 0 Å². The lowest BCUT2D eigenvalue weighted by atomic mass is 10.1. The molecule has 9 rings (SSSR count). The molecule has 0 amide bonds. The second kappa shape index (κ2) is 12.4. The summed E-state index contributed by atoms with van der Waals surface area (Å²) in [5, 5.41) is 1.34. The lowest BCUT2D eigenvalue weighted by Gasteiger charge is -2.10. The Bertz CT molecular complexity index is 2740. The number of aromatic amines is 2. The van der Waals surface area contributed by atoms with Gasteiger partial charge in [0.2, 0.25) is 0 Å². The van der Waals surface area contributed by atoms with E-state index >= 15 is 0 Å². The monoisotopic (exact) mass is 764 g/mol. The molecule has 0 saturated carbocycles. The summed E-state index contributed by atoms with van der Waals surface area (Å²) in [7, 11) is 0. The summed E-state index contributed by atoms with van der Waals surface area (Å²) in [4.78, 5) is 33.5. The van der Waals surface area contributed by atoms with E-state index in [1.807, 2.05) is 36.4 Å². The minimum absolute atomic E-state index is 0.0103. The van der Waals surface area contributed by atoms with Gasteiger partial charge in [-0.15, -0.1) is 0 Å². The minimum atomic E-state index is -0.478. The first-order valence-electron chi connectivity index (χ1n) is 14.4. The average molecular weight is 765 g/mol. The number of rotatable bonds is 5. The summed E-state index contributed by atoms with van der Waals surface area (Å²) >= 11 is -1.57. The first kappa shape index (κ1) is 31.6. The molecule has 0 spiro atoms. The lowest BCUT2D eigenvalue weighted by Crippen LogP contribution is -1.89. The Morgan fingerprint density at radius 1 is 0.400 bits per heavy atom. The second-order valence-electron chi connectivity index (χ2n) is 10.8. The fourth-order valence-corrected chi connectivity index (χ4v) is 8.90. The molecule has 2 aliphatic heterocycles. The Morgan fingerprint density at radius 2 is 0.840 bits per heavy atom. The van der Waals surface area contributed by atoms with Crippen LogP contribution in [0.1, 0.15) is 0 Å². The van der Waals surface area contributed by atoms with Crippen LogP contribution in [0.15, 0.2) is 91.2 Å². The van der Waals surface area contributed by atoms with Gasteiger partial charge in [0.05, 0.1) is 85.2 Å². The average Bonchev–Trinajstić information content (AvgIpc) is 3.89. The van der Waals surface area contributed by atoms with E-state index in [1.165, 1.54) is 0 Å². The van der Waals surface area contributed by atoms with Crippen LogP contribution in [0.25, 0.3) is 89.7 Å². The maximum atomic E-state index is 14.9. The number of nitrogens with one attached hydrogen (secondary N) is 2. The normalized spacial score (nSPS) is 12.1. The zero-order valence-corrected chi connectivity index (χ0v) is 28.5. The van der Waals surface area contributed by atoms with Gasteiger partial charge in [0.15, 0.2) is 23.3 Å². The number of hydrogen-bond acceptors (Lipinski definition) is 11. The molecule has 0 unspecified atom stereocenters. The van der Waals surface area contributed by atoms with Gasteiger partial charge < -0.3 is 9.97 Å². The van der Waals surface area contributed by atoms with E-state index in [0.717, 1.165) is 10.8 Å². The molecule has 0 aliphatic carbocycles. The van der Waals surface area contributed by atoms with Gasteiger partial charge in [-0.1, -0.05) is 60.7 Å². The van der Waals surface area contributed by atoms with E-state index in [-0.39, 0.29) is 90.7 Å². The highest BCUT2D eigenvalue weighted by Gasteiger charge is 2.29. The largest absolute Gasteiger partial charge is 0.324 e. The fraction of sp³-hybridized carbons (Fsp3) is 0. The van der Waals surface area contributed by atoms with Crippen molar-refractivity contribution in [3.05, 3.63) is 66.7 Å². The lowest BCUT2D eigenvalue weighted by molar-refractivity contribution is 0.870. The second-order valence-corrected chi connectivity index (χ2v) is 13.7. The van der Waals surface area contributed by atoms with Gasteiger partial charge in [-0.2, -0.15) is 19.4 Å². The molecule has 8 nitrogen and oxygen atoms in total. The van der Waals surface area contributed by atoms with Crippen LogP contribution in [0.3, 0.4) is 0 Å². The van der Waals surface area contributed by atoms with E-state index in [2.05, 4.69) is 15.0 Å². The molecule has 18 heteroatoms. The SMILES string of the molecule is FSc1cccc2c1-c1nc-2nc2[nH]c(nc3nc(nc4[nH]c(n1)c1c(SF)c(SF)c(SF)c(SF)c41)-c1ccccc1-3)c1ccccc21. The van der Waals surface area contributed by atoms with Crippen molar-refractivity contribution in [1.82, 2.24) is 39.9 Å². The summed E-state index contributed by atoms with van der Waals surface area (Å²) in [5.41, 5.74) is 2.69. The molecule has 7 aromatic rings. The summed E-state index contributed by atoms with van der Waals surface area (Å²) in [6, 6.07) is 19.6. The van der Waals surface area contributed by atoms with Gasteiger partial charge >= 0.3 is 0 Å². The van der Waals surface area contributed by atoms with Gasteiger partial charge in [0.1, 0.15) is 22.6 Å². The topological polar surface area (TPSA) is 109 Å². The fourth-order valence-electron chi connectivity index (χ4n) is 6.21. The molecule has 0 saturated heterocycles. The third-order valence-corrected chi connectivity index (χ3v) is 11.4. The highest BCUT2D eigenvalue weighted by Crippen LogP contribution is 2.52. The van der Waals surface area contributed by atoms with E-state index < -0.39 is 34.1 Å². The van der Waals surface area contributed by atoms with Crippen LogP contribution < -0.4 is 0 Å². The number of hydrogen-bond donors (Lipinski definition) is 2. The van der Waals surface area contributed by atoms with Crippen LogP contribution >= 0.6 is 60.7 Å². The molecule has 4 aromatic carbocycles. The van der Waals surface area contributed by atoms with Crippen molar-refractivity contribution in [1.29, 1.82) is 0 Å². The molecule has 246 valence electrons. The van der Waals surface area contributed by atoms with Crippen LogP contribution in [0.4, 0.5) is 19.4 Å². The molecule has 8 bridgehead atoms. The molecule has 5 heterocycles. The van der Waals surface area contributed by atoms with Crippen molar-refractivity contribution in [2.24, 2.45) is 0 Å². The molecule has 0 radical (unpaired) electrons. The van der Waals surface area contributed by atoms with Crippen LogP contribution in [0, 0.1) is 0 Å². The Labute approximate surface area is 299 Å². The van der Waals surface area contributed by atoms with Crippen molar-refractivity contribution < 1.29 is 19.4 Å². The van der Waals surface area contributed by atoms with Gasteiger partial charge in [0.25, 0.3) is 0 Å². The molecule has 2 N–H and O–H groups in total. The number of H-pyrrole nitrogens is 2. The van der Waals surface area contributed by atoms with Crippen LogP contribution in [0.2, 0.25) is 0 Å². The predicted octanol–water partition coefficient (Wildman–Crippen LogP) is 11.8. The predicted molar refractivity (Wildman–Crippen MR) is 191 cm³/mol. The summed E-state index contributed by atoms with van der Waals surface area (Å²) < 4.78 is 73.0. The Hall–Kier alpha value is -4.36. The van der Waals surface area contributed by atoms with Crippen molar-refractivity contribution >= 4 is 105 Å². The summed E-state index contributed by atoms with van der Waals surface area (Å²) in [6.07, 6.45) is 0. The highest BCUT2D eigenvalue weighted by molar-refractivity contribution is 8.00. The zero-order chi connectivity index (χ0) is 34.1. The van der Waals surface area contributed by atoms with Gasteiger partial charge in [-0.05, 0) is 6.07 Å². The summed E-state index contributed by atoms with van der Waals surface area (Å²) in [6.45, 7) is 0. The number of halogens is 5. The van der Waals surface area contributed by atoms with Crippen LogP contribution in [-0.4, -0.2) is 39.9 Å². The standard InChI is InChI=1S/C32H13F5N8S5/c33-46-17-11-5-10-16-18(17)30-43-29(16)41-27-13-7-2-1-6-12(13)25(39-27)38-26-14-8-3-4-9-15(14)28(40-26)42-31-19-20(32(44-30)45-31)22(48-35)24(50-37)23(49-36)21(19)47-34/h1-11H,(H2,38,39,40,41,42,43,44,45). The smallest absolute Gasteiger partial charge is 0.165 e. The van der Waals surface area contributed by atoms with E-state index in [9.17, 15) is 19.4 Å².